The summed E-state index contributed by atoms with van der Waals surface area (Å²) < 4.78 is 0. The van der Waals surface area contributed by atoms with Gasteiger partial charge in [-0.3, -0.25) is 0 Å². The Morgan fingerprint density at radius 2 is 0.328 bits per heavy atom. The van der Waals surface area contributed by atoms with Gasteiger partial charge in [0.1, 0.15) is 0 Å². The fourth-order valence-electron chi connectivity index (χ4n) is 18.9. The Balaban J connectivity index is 0.000000113. The summed E-state index contributed by atoms with van der Waals surface area (Å²) in [6.45, 7) is 7.23. The highest BCUT2D eigenvalue weighted by atomic mass is 28.3. The minimum absolute atomic E-state index is 1.22. The average Bonchev–Trinajstić information content (AvgIpc) is 0.740. The van der Waals surface area contributed by atoms with E-state index in [9.17, 15) is 0 Å². The number of fused-ring (bicyclic) bond motifs is 11. The van der Waals surface area contributed by atoms with Crippen molar-refractivity contribution < 1.29 is 0 Å². The van der Waals surface area contributed by atoms with E-state index in [1.54, 1.807) is 0 Å². The summed E-state index contributed by atoms with van der Waals surface area (Å²) >= 11 is 0. The first-order valence-electron chi connectivity index (χ1n) is 42.5. The van der Waals surface area contributed by atoms with Crippen molar-refractivity contribution in [3.8, 4) is 111 Å². The molecule has 23 aromatic rings. The summed E-state index contributed by atoms with van der Waals surface area (Å²) in [7, 11) is -1.37. The van der Waals surface area contributed by atoms with Crippen molar-refractivity contribution in [1.82, 2.24) is 0 Å². The van der Waals surface area contributed by atoms with E-state index < -0.39 is 8.07 Å². The topological polar surface area (TPSA) is 0 Å². The molecule has 0 aliphatic rings. The van der Waals surface area contributed by atoms with Crippen LogP contribution < -0.4 is 5.19 Å². The van der Waals surface area contributed by atoms with Gasteiger partial charge in [-0.05, 0) is 243 Å². The summed E-state index contributed by atoms with van der Waals surface area (Å²) in [5.41, 5.74) is 25.2. The van der Waals surface area contributed by atoms with Crippen molar-refractivity contribution >= 4 is 121 Å². The summed E-state index contributed by atoms with van der Waals surface area (Å²) in [6, 6.07) is 171. The van der Waals surface area contributed by atoms with Gasteiger partial charge in [-0.1, -0.05) is 468 Å². The Labute approximate surface area is 713 Å². The predicted molar refractivity (Wildman–Crippen MR) is 532 cm³/mol. The van der Waals surface area contributed by atoms with Crippen LogP contribution in [0.5, 0.6) is 0 Å². The van der Waals surface area contributed by atoms with Crippen molar-refractivity contribution in [3.05, 3.63) is 467 Å². The van der Waals surface area contributed by atoms with E-state index in [0.717, 1.165) is 0 Å². The first kappa shape index (κ1) is 74.4. The van der Waals surface area contributed by atoms with E-state index in [1.165, 1.54) is 224 Å². The molecule has 0 nitrogen and oxygen atoms in total. The molecular weight excluding hydrogens is 1480 g/mol. The molecule has 0 aliphatic carbocycles. The van der Waals surface area contributed by atoms with Crippen LogP contribution in [0.25, 0.3) is 219 Å². The SMILES string of the molecule is C[Si](C)(C)c1cccc(-c2ccc(-c3c4ccccc4c(-c4ccc5ccccc5c4)c4ccccc34)cc2)c1.c1ccc(-c2ccc(-c3c4ccccc4c(-c4ccc5c(ccc6ccccc65)c4)c4ccccc34)cc2)cc1.c1ccc(-c2ccc(-c3cccc(-c4c5ccccc5c(-c5ccc6ccccc6c5)c5ccccc45)c3)cc2)cc1. The largest absolute Gasteiger partial charge is 0.0776 e. The maximum absolute atomic E-state index is 2.41. The first-order chi connectivity index (χ1) is 60.2. The third-order valence-electron chi connectivity index (χ3n) is 24.9. The lowest BCUT2D eigenvalue weighted by atomic mass is 9.85. The second-order valence-electron chi connectivity index (χ2n) is 33.2. The van der Waals surface area contributed by atoms with Crippen LogP contribution in [0.1, 0.15) is 0 Å². The van der Waals surface area contributed by atoms with E-state index in [2.05, 4.69) is 487 Å². The Kier molecular flexibility index (Phi) is 19.5. The average molecular weight is 1570 g/mol. The number of rotatable bonds is 11. The van der Waals surface area contributed by atoms with Crippen LogP contribution in [0.3, 0.4) is 0 Å². The molecule has 23 aromatic carbocycles. The minimum Gasteiger partial charge on any atom is -0.0656 e. The van der Waals surface area contributed by atoms with E-state index in [-0.39, 0.29) is 0 Å². The van der Waals surface area contributed by atoms with Crippen molar-refractivity contribution in [3.63, 3.8) is 0 Å². The molecule has 0 heterocycles. The highest BCUT2D eigenvalue weighted by Crippen LogP contribution is 2.49. The molecule has 0 bridgehead atoms. The highest BCUT2D eigenvalue weighted by molar-refractivity contribution is 6.88. The lowest BCUT2D eigenvalue weighted by molar-refractivity contribution is 1.59. The van der Waals surface area contributed by atoms with Crippen LogP contribution in [-0.4, -0.2) is 8.07 Å². The number of benzene rings is 23. The molecule has 122 heavy (non-hydrogen) atoms. The lowest BCUT2D eigenvalue weighted by Gasteiger charge is -2.19. The van der Waals surface area contributed by atoms with E-state index >= 15 is 0 Å². The Bertz CT molecular complexity index is 7760. The number of hydrogen-bond acceptors (Lipinski definition) is 0. The zero-order valence-corrected chi connectivity index (χ0v) is 69.5. The molecule has 1 heteroatoms. The van der Waals surface area contributed by atoms with Crippen molar-refractivity contribution in [2.75, 3.05) is 0 Å². The molecule has 0 aromatic heterocycles. The van der Waals surface area contributed by atoms with Gasteiger partial charge >= 0.3 is 0 Å². The van der Waals surface area contributed by atoms with Crippen molar-refractivity contribution in [2.45, 2.75) is 19.6 Å². The molecule has 0 saturated carbocycles. The molecule has 0 fully saturated rings. The molecular formula is C121H86Si. The molecule has 0 atom stereocenters. The monoisotopic (exact) mass is 1570 g/mol. The zero-order chi connectivity index (χ0) is 81.6. The van der Waals surface area contributed by atoms with Crippen molar-refractivity contribution in [2.24, 2.45) is 0 Å². The molecule has 0 radical (unpaired) electrons. The molecule has 0 N–H and O–H groups in total. The fourth-order valence-corrected chi connectivity index (χ4v) is 20.1. The first-order valence-corrected chi connectivity index (χ1v) is 46.0. The molecule has 0 saturated heterocycles. The van der Waals surface area contributed by atoms with Crippen LogP contribution in [0.4, 0.5) is 0 Å². The third-order valence-corrected chi connectivity index (χ3v) is 26.9. The lowest BCUT2D eigenvalue weighted by Crippen LogP contribution is -2.37. The highest BCUT2D eigenvalue weighted by Gasteiger charge is 2.23. The fraction of sp³-hybridized carbons (Fsp3) is 0.0248. The maximum atomic E-state index is 2.41. The molecule has 23 rings (SSSR count). The summed E-state index contributed by atoms with van der Waals surface area (Å²) in [5.74, 6) is 0. The minimum atomic E-state index is -1.37. The second-order valence-corrected chi connectivity index (χ2v) is 38.3. The van der Waals surface area contributed by atoms with E-state index in [4.69, 9.17) is 0 Å². The van der Waals surface area contributed by atoms with Gasteiger partial charge in [0.15, 0.2) is 0 Å². The summed E-state index contributed by atoms with van der Waals surface area (Å²) in [4.78, 5) is 0. The standard InChI is InChI=1S/C42H28.C40H26.C39H32Si/c1-2-11-29(12-3-1)31-21-23-32(24-22-31)34-15-10-16-35(27-34)41-37-17-6-8-19-39(37)42(40-20-9-7-18-38(40)41)36-26-25-30-13-4-5-14-33(30)28-36;1-2-10-27(11-3-1)28-18-21-30(22-19-28)39-35-14-6-8-16-37(35)40(38-17-9-7-15-36(38)39)32-24-25-34-31(26-32)23-20-29-12-4-5-13-33(29)34;1-40(2,3)33-14-10-13-31(26-33)28-19-22-29(23-20-28)38-34-15-6-8-17-36(34)39(37-18-9-7-16-35(37)38)32-24-21-27-11-4-5-12-30(27)25-32/h1-28H;1-26H;4-26H,1-3H3. The maximum Gasteiger partial charge on any atom is 0.0776 e. The zero-order valence-electron chi connectivity index (χ0n) is 68.5. The molecule has 0 aliphatic heterocycles. The normalized spacial score (nSPS) is 11.6. The number of hydrogen-bond donors (Lipinski definition) is 0. The van der Waals surface area contributed by atoms with Crippen molar-refractivity contribution in [1.29, 1.82) is 0 Å². The predicted octanol–water partition coefficient (Wildman–Crippen LogP) is 33.8. The second kappa shape index (κ2) is 32.0. The van der Waals surface area contributed by atoms with Gasteiger partial charge in [-0.25, -0.2) is 0 Å². The van der Waals surface area contributed by atoms with Crippen LogP contribution in [-0.2, 0) is 0 Å². The Morgan fingerprint density at radius 3 is 0.697 bits per heavy atom. The molecule has 0 spiro atoms. The van der Waals surface area contributed by atoms with E-state index in [1.807, 2.05) is 0 Å². The van der Waals surface area contributed by atoms with Gasteiger partial charge in [-0.2, -0.15) is 0 Å². The third kappa shape index (κ3) is 14.0. The van der Waals surface area contributed by atoms with Gasteiger partial charge in [0, 0.05) is 0 Å². The smallest absolute Gasteiger partial charge is 0.0656 e. The van der Waals surface area contributed by atoms with Gasteiger partial charge in [-0.15, -0.1) is 0 Å². The van der Waals surface area contributed by atoms with Gasteiger partial charge < -0.3 is 0 Å². The van der Waals surface area contributed by atoms with Crippen LogP contribution in [0.2, 0.25) is 19.6 Å². The Hall–Kier alpha value is -15.1. The van der Waals surface area contributed by atoms with Gasteiger partial charge in [0.05, 0.1) is 8.07 Å². The Morgan fingerprint density at radius 1 is 0.115 bits per heavy atom. The molecule has 0 unspecified atom stereocenters. The van der Waals surface area contributed by atoms with Gasteiger partial charge in [0.25, 0.3) is 0 Å². The van der Waals surface area contributed by atoms with Crippen LogP contribution in [0.15, 0.2) is 467 Å². The summed E-state index contributed by atoms with van der Waals surface area (Å²) in [5, 5.41) is 27.1. The van der Waals surface area contributed by atoms with Crippen LogP contribution in [0, 0.1) is 0 Å². The van der Waals surface area contributed by atoms with Crippen LogP contribution >= 0.6 is 0 Å². The summed E-state index contributed by atoms with van der Waals surface area (Å²) in [6.07, 6.45) is 0. The van der Waals surface area contributed by atoms with Gasteiger partial charge in [0.2, 0.25) is 0 Å². The quantitative estimate of drug-likeness (QED) is 0.0688. The molecule has 0 amide bonds. The van der Waals surface area contributed by atoms with E-state index in [0.29, 0.717) is 0 Å². The molecule has 574 valence electrons.